The van der Waals surface area contributed by atoms with Gasteiger partial charge in [-0.05, 0) is 24.6 Å². The van der Waals surface area contributed by atoms with Crippen molar-refractivity contribution in [3.8, 4) is 11.6 Å². The first kappa shape index (κ1) is 12.2. The van der Waals surface area contributed by atoms with Crippen molar-refractivity contribution in [2.75, 3.05) is 6.61 Å². The molecule has 21 heavy (non-hydrogen) atoms. The van der Waals surface area contributed by atoms with Gasteiger partial charge in [0.1, 0.15) is 5.75 Å². The third-order valence-corrected chi connectivity index (χ3v) is 3.58. The predicted octanol–water partition coefficient (Wildman–Crippen LogP) is 3.03. The van der Waals surface area contributed by atoms with Crippen molar-refractivity contribution in [1.82, 2.24) is 15.0 Å². The second-order valence-electron chi connectivity index (χ2n) is 4.99. The highest BCUT2D eigenvalue weighted by Gasteiger charge is 2.26. The molecule has 0 amide bonds. The van der Waals surface area contributed by atoms with Crippen LogP contribution < -0.4 is 9.47 Å². The summed E-state index contributed by atoms with van der Waals surface area (Å²) in [5.41, 5.74) is 2.77. The van der Waals surface area contributed by atoms with E-state index in [9.17, 15) is 0 Å². The third kappa shape index (κ3) is 2.11. The minimum absolute atomic E-state index is 0.0767. The van der Waals surface area contributed by atoms with Crippen LogP contribution in [0.3, 0.4) is 0 Å². The van der Waals surface area contributed by atoms with Crippen molar-refractivity contribution in [3.05, 3.63) is 47.8 Å². The van der Waals surface area contributed by atoms with Gasteiger partial charge < -0.3 is 14.5 Å². The molecule has 0 spiro atoms. The van der Waals surface area contributed by atoms with Gasteiger partial charge in [-0.3, -0.25) is 0 Å². The number of pyridine rings is 1. The van der Waals surface area contributed by atoms with Crippen LogP contribution in [-0.4, -0.2) is 21.6 Å². The van der Waals surface area contributed by atoms with Gasteiger partial charge in [0.25, 0.3) is 0 Å². The monoisotopic (exact) mass is 281 g/mol. The number of H-pyrrole nitrogens is 1. The quantitative estimate of drug-likeness (QED) is 0.801. The Kier molecular flexibility index (Phi) is 2.77. The van der Waals surface area contributed by atoms with Gasteiger partial charge >= 0.3 is 0 Å². The number of ether oxygens (including phenoxy) is 2. The van der Waals surface area contributed by atoms with Crippen LogP contribution in [0.2, 0.25) is 0 Å². The molecule has 2 aromatic heterocycles. The molecule has 0 saturated heterocycles. The van der Waals surface area contributed by atoms with Gasteiger partial charge in [-0.15, -0.1) is 0 Å². The summed E-state index contributed by atoms with van der Waals surface area (Å²) in [6.07, 6.45) is 0.751. The number of rotatable bonds is 3. The molecule has 1 aliphatic rings. The van der Waals surface area contributed by atoms with Crippen LogP contribution in [0.4, 0.5) is 0 Å². The fourth-order valence-corrected chi connectivity index (χ4v) is 2.61. The smallest absolute Gasteiger partial charge is 0.215 e. The number of nitrogens with zero attached hydrogens (tertiary/aromatic N) is 2. The van der Waals surface area contributed by atoms with Crippen molar-refractivity contribution < 1.29 is 9.47 Å². The molecule has 1 aliphatic heterocycles. The summed E-state index contributed by atoms with van der Waals surface area (Å²) in [6, 6.07) is 11.9. The van der Waals surface area contributed by atoms with Crippen LogP contribution in [0, 0.1) is 0 Å². The second kappa shape index (κ2) is 4.77. The predicted molar refractivity (Wildman–Crippen MR) is 78.6 cm³/mol. The summed E-state index contributed by atoms with van der Waals surface area (Å²) in [5.74, 6) is 2.34. The van der Waals surface area contributed by atoms with Crippen LogP contribution in [0.5, 0.6) is 11.6 Å². The van der Waals surface area contributed by atoms with Crippen molar-refractivity contribution in [2.45, 2.75) is 19.4 Å². The van der Waals surface area contributed by atoms with Gasteiger partial charge in [0.05, 0.1) is 12.1 Å². The van der Waals surface area contributed by atoms with E-state index >= 15 is 0 Å². The first-order valence-corrected chi connectivity index (χ1v) is 7.07. The standard InChI is InChI=1S/C16H15N3O2/c1-2-20-14-8-7-11-15(18-14)19-16(17-11)13-9-10-5-3-4-6-12(10)21-13/h3-8,13H,2,9H2,1H3,(H,17,18,19). The van der Waals surface area contributed by atoms with Crippen molar-refractivity contribution >= 4 is 11.2 Å². The highest BCUT2D eigenvalue weighted by molar-refractivity contribution is 5.71. The first-order chi connectivity index (χ1) is 10.3. The Labute approximate surface area is 121 Å². The second-order valence-corrected chi connectivity index (χ2v) is 4.99. The van der Waals surface area contributed by atoms with Gasteiger partial charge in [0, 0.05) is 12.5 Å². The van der Waals surface area contributed by atoms with Gasteiger partial charge in [-0.1, -0.05) is 18.2 Å². The molecule has 5 heteroatoms. The molecule has 0 radical (unpaired) electrons. The van der Waals surface area contributed by atoms with Crippen molar-refractivity contribution in [1.29, 1.82) is 0 Å². The molecule has 0 bridgehead atoms. The number of benzene rings is 1. The molecule has 1 aromatic carbocycles. The Bertz CT molecular complexity index is 772. The van der Waals surface area contributed by atoms with E-state index in [0.29, 0.717) is 18.1 Å². The summed E-state index contributed by atoms with van der Waals surface area (Å²) < 4.78 is 11.4. The lowest BCUT2D eigenvalue weighted by molar-refractivity contribution is 0.229. The molecule has 1 atom stereocenters. The Morgan fingerprint density at radius 2 is 2.14 bits per heavy atom. The van der Waals surface area contributed by atoms with E-state index in [1.54, 1.807) is 0 Å². The Hall–Kier alpha value is -2.56. The Morgan fingerprint density at radius 3 is 3.00 bits per heavy atom. The molecule has 3 heterocycles. The summed E-state index contributed by atoms with van der Waals surface area (Å²) in [7, 11) is 0. The van der Waals surface area contributed by atoms with E-state index in [1.165, 1.54) is 5.56 Å². The molecular weight excluding hydrogens is 266 g/mol. The van der Waals surface area contributed by atoms with E-state index in [2.05, 4.69) is 21.0 Å². The lowest BCUT2D eigenvalue weighted by Gasteiger charge is -2.06. The van der Waals surface area contributed by atoms with Crippen LogP contribution in [0.15, 0.2) is 36.4 Å². The lowest BCUT2D eigenvalue weighted by atomic mass is 10.1. The number of nitrogens with one attached hydrogen (secondary N) is 1. The average Bonchev–Trinajstić information content (AvgIpc) is 3.10. The third-order valence-electron chi connectivity index (χ3n) is 3.58. The number of fused-ring (bicyclic) bond motifs is 2. The molecule has 1 unspecified atom stereocenters. The van der Waals surface area contributed by atoms with E-state index in [-0.39, 0.29) is 6.10 Å². The number of aromatic amines is 1. The zero-order valence-corrected chi connectivity index (χ0v) is 11.7. The van der Waals surface area contributed by atoms with E-state index in [1.807, 2.05) is 37.3 Å². The summed E-state index contributed by atoms with van der Waals surface area (Å²) in [6.45, 7) is 2.53. The maximum atomic E-state index is 5.95. The molecule has 0 saturated carbocycles. The fourth-order valence-electron chi connectivity index (χ4n) is 2.61. The number of hydrogen-bond acceptors (Lipinski definition) is 4. The summed E-state index contributed by atoms with van der Waals surface area (Å²) >= 11 is 0. The number of para-hydroxylation sites is 1. The minimum atomic E-state index is -0.0767. The number of hydrogen-bond donors (Lipinski definition) is 1. The Morgan fingerprint density at radius 1 is 1.24 bits per heavy atom. The maximum absolute atomic E-state index is 5.95. The number of aromatic nitrogens is 3. The average molecular weight is 281 g/mol. The maximum Gasteiger partial charge on any atom is 0.215 e. The lowest BCUT2D eigenvalue weighted by Crippen LogP contribution is -2.05. The van der Waals surface area contributed by atoms with Gasteiger partial charge in [-0.2, -0.15) is 4.98 Å². The first-order valence-electron chi connectivity index (χ1n) is 7.07. The van der Waals surface area contributed by atoms with Crippen molar-refractivity contribution in [2.24, 2.45) is 0 Å². The highest BCUT2D eigenvalue weighted by Crippen LogP contribution is 2.35. The molecular formula is C16H15N3O2. The zero-order chi connectivity index (χ0) is 14.2. The van der Waals surface area contributed by atoms with Crippen LogP contribution >= 0.6 is 0 Å². The Balaban J connectivity index is 1.66. The molecule has 4 rings (SSSR count). The topological polar surface area (TPSA) is 60.0 Å². The minimum Gasteiger partial charge on any atom is -0.482 e. The molecule has 1 N–H and O–H groups in total. The molecule has 0 fully saturated rings. The van der Waals surface area contributed by atoms with Crippen molar-refractivity contribution in [3.63, 3.8) is 0 Å². The molecule has 3 aromatic rings. The van der Waals surface area contributed by atoms with E-state index in [0.717, 1.165) is 23.5 Å². The molecule has 0 aliphatic carbocycles. The summed E-state index contributed by atoms with van der Waals surface area (Å²) in [5, 5.41) is 0. The zero-order valence-electron chi connectivity index (χ0n) is 11.7. The number of imidazole rings is 1. The van der Waals surface area contributed by atoms with E-state index < -0.39 is 0 Å². The van der Waals surface area contributed by atoms with Crippen LogP contribution in [0.1, 0.15) is 24.4 Å². The van der Waals surface area contributed by atoms with Crippen LogP contribution in [0.25, 0.3) is 11.2 Å². The van der Waals surface area contributed by atoms with E-state index in [4.69, 9.17) is 9.47 Å². The van der Waals surface area contributed by atoms with Gasteiger partial charge in [0.2, 0.25) is 5.88 Å². The normalized spacial score (nSPS) is 16.7. The summed E-state index contributed by atoms with van der Waals surface area (Å²) in [4.78, 5) is 12.2. The largest absolute Gasteiger partial charge is 0.482 e. The van der Waals surface area contributed by atoms with Gasteiger partial charge in [0.15, 0.2) is 17.6 Å². The highest BCUT2D eigenvalue weighted by atomic mass is 16.5. The molecule has 106 valence electrons. The molecule has 5 nitrogen and oxygen atoms in total. The van der Waals surface area contributed by atoms with Crippen LogP contribution in [-0.2, 0) is 6.42 Å². The fraction of sp³-hybridized carbons (Fsp3) is 0.250. The van der Waals surface area contributed by atoms with Gasteiger partial charge in [-0.25, -0.2) is 4.98 Å². The SMILES string of the molecule is CCOc1ccc2[nH]c(C3Cc4ccccc4O3)nc2n1.